The molecule has 1 aromatic carbocycles. The van der Waals surface area contributed by atoms with E-state index in [1.54, 1.807) is 6.07 Å². The van der Waals surface area contributed by atoms with Crippen molar-refractivity contribution in [2.75, 3.05) is 44.2 Å². The molecule has 21 heavy (non-hydrogen) atoms. The maximum Gasteiger partial charge on any atom is 0.146 e. The van der Waals surface area contributed by atoms with Crippen molar-refractivity contribution < 1.29 is 4.39 Å². The van der Waals surface area contributed by atoms with Crippen LogP contribution in [0.15, 0.2) is 18.2 Å². The summed E-state index contributed by atoms with van der Waals surface area (Å²) in [5.41, 5.74) is 2.01. The van der Waals surface area contributed by atoms with Crippen LogP contribution in [0.1, 0.15) is 25.3 Å². The number of piperazine rings is 1. The Morgan fingerprint density at radius 1 is 1.24 bits per heavy atom. The highest BCUT2D eigenvalue weighted by molar-refractivity contribution is 5.50. The Bertz CT molecular complexity index is 471. The van der Waals surface area contributed by atoms with Crippen molar-refractivity contribution in [3.63, 3.8) is 0 Å². The van der Waals surface area contributed by atoms with Gasteiger partial charge in [-0.1, -0.05) is 13.0 Å². The van der Waals surface area contributed by atoms with Gasteiger partial charge in [-0.2, -0.15) is 0 Å². The number of hydrogen-bond donors (Lipinski definition) is 1. The molecule has 1 N–H and O–H groups in total. The van der Waals surface area contributed by atoms with Crippen LogP contribution in [0, 0.1) is 11.7 Å². The number of nitrogens with zero attached hydrogens (tertiary/aromatic N) is 2. The van der Waals surface area contributed by atoms with E-state index in [1.165, 1.54) is 31.5 Å². The first-order valence-electron chi connectivity index (χ1n) is 8.19. The van der Waals surface area contributed by atoms with Gasteiger partial charge in [-0.25, -0.2) is 4.39 Å². The molecule has 3 rings (SSSR count). The molecule has 2 fully saturated rings. The van der Waals surface area contributed by atoms with E-state index in [9.17, 15) is 4.39 Å². The van der Waals surface area contributed by atoms with E-state index in [0.717, 1.165) is 44.3 Å². The van der Waals surface area contributed by atoms with Gasteiger partial charge in [0.05, 0.1) is 5.69 Å². The molecular weight excluding hydrogens is 265 g/mol. The van der Waals surface area contributed by atoms with Crippen LogP contribution >= 0.6 is 0 Å². The molecule has 0 aromatic heterocycles. The summed E-state index contributed by atoms with van der Waals surface area (Å²) >= 11 is 0. The van der Waals surface area contributed by atoms with Crippen LogP contribution in [0.5, 0.6) is 0 Å². The van der Waals surface area contributed by atoms with Gasteiger partial charge in [0.15, 0.2) is 0 Å². The molecule has 0 spiro atoms. The maximum atomic E-state index is 14.1. The number of likely N-dealkylation sites (tertiary alicyclic amines) is 1. The number of hydrogen-bond acceptors (Lipinski definition) is 3. The summed E-state index contributed by atoms with van der Waals surface area (Å²) in [4.78, 5) is 4.66. The Labute approximate surface area is 127 Å². The van der Waals surface area contributed by atoms with Gasteiger partial charge < -0.3 is 10.2 Å². The summed E-state index contributed by atoms with van der Waals surface area (Å²) in [6, 6.07) is 5.64. The molecule has 2 aliphatic heterocycles. The predicted molar refractivity (Wildman–Crippen MR) is 85.2 cm³/mol. The van der Waals surface area contributed by atoms with Crippen molar-refractivity contribution in [1.82, 2.24) is 10.2 Å². The molecule has 1 atom stereocenters. The minimum atomic E-state index is -0.0901. The van der Waals surface area contributed by atoms with E-state index in [-0.39, 0.29) is 5.82 Å². The van der Waals surface area contributed by atoms with Crippen LogP contribution in [-0.4, -0.2) is 44.2 Å². The largest absolute Gasteiger partial charge is 0.367 e. The first-order chi connectivity index (χ1) is 10.2. The van der Waals surface area contributed by atoms with Crippen LogP contribution in [0.25, 0.3) is 0 Å². The zero-order chi connectivity index (χ0) is 14.7. The smallest absolute Gasteiger partial charge is 0.146 e. The number of anilines is 1. The Morgan fingerprint density at radius 2 is 2.05 bits per heavy atom. The lowest BCUT2D eigenvalue weighted by atomic mass is 9.99. The van der Waals surface area contributed by atoms with E-state index < -0.39 is 0 Å². The molecule has 0 amide bonds. The second kappa shape index (κ2) is 6.75. The number of halogens is 1. The van der Waals surface area contributed by atoms with Crippen LogP contribution < -0.4 is 10.2 Å². The Morgan fingerprint density at radius 3 is 2.81 bits per heavy atom. The molecule has 0 saturated carbocycles. The topological polar surface area (TPSA) is 18.5 Å². The summed E-state index contributed by atoms with van der Waals surface area (Å²) in [5, 5.41) is 3.32. The monoisotopic (exact) mass is 291 g/mol. The van der Waals surface area contributed by atoms with Gasteiger partial charge in [0.25, 0.3) is 0 Å². The van der Waals surface area contributed by atoms with Gasteiger partial charge in [0.1, 0.15) is 5.82 Å². The van der Waals surface area contributed by atoms with Gasteiger partial charge >= 0.3 is 0 Å². The van der Waals surface area contributed by atoms with E-state index in [1.807, 2.05) is 6.07 Å². The summed E-state index contributed by atoms with van der Waals surface area (Å²) < 4.78 is 14.1. The van der Waals surface area contributed by atoms with Crippen molar-refractivity contribution in [3.05, 3.63) is 29.6 Å². The fourth-order valence-electron chi connectivity index (χ4n) is 3.49. The normalized spacial score (nSPS) is 24.3. The first kappa shape index (κ1) is 14.8. The molecule has 1 aromatic rings. The third-order valence-electron chi connectivity index (χ3n) is 4.62. The molecule has 0 aliphatic carbocycles. The first-order valence-corrected chi connectivity index (χ1v) is 8.19. The van der Waals surface area contributed by atoms with Gasteiger partial charge in [-0.3, -0.25) is 4.90 Å². The number of nitrogens with one attached hydrogen (secondary N) is 1. The third-order valence-corrected chi connectivity index (χ3v) is 4.62. The van der Waals surface area contributed by atoms with Crippen LogP contribution in [0.2, 0.25) is 0 Å². The highest BCUT2D eigenvalue weighted by atomic mass is 19.1. The standard InChI is InChI=1S/C17H26FN3/c1-14-3-2-8-20(12-14)13-15-4-5-16(18)17(11-15)21-9-6-19-7-10-21/h4-5,11,14,19H,2-3,6-10,12-13H2,1H3. The SMILES string of the molecule is CC1CCCN(Cc2ccc(F)c(N3CCNCC3)c2)C1. The summed E-state index contributed by atoms with van der Waals surface area (Å²) in [6.45, 7) is 9.26. The van der Waals surface area contributed by atoms with Crippen molar-refractivity contribution in [3.8, 4) is 0 Å². The lowest BCUT2D eigenvalue weighted by Crippen LogP contribution is -2.44. The predicted octanol–water partition coefficient (Wildman–Crippen LogP) is 2.47. The van der Waals surface area contributed by atoms with Crippen LogP contribution in [0.3, 0.4) is 0 Å². The Hall–Kier alpha value is -1.13. The number of piperidine rings is 1. The van der Waals surface area contributed by atoms with Crippen LogP contribution in [0.4, 0.5) is 10.1 Å². The van der Waals surface area contributed by atoms with Gasteiger partial charge in [0.2, 0.25) is 0 Å². The van der Waals surface area contributed by atoms with E-state index in [2.05, 4.69) is 28.1 Å². The van der Waals surface area contributed by atoms with Crippen LogP contribution in [-0.2, 0) is 6.54 Å². The molecule has 0 bridgehead atoms. The molecular formula is C17H26FN3. The Kier molecular flexibility index (Phi) is 4.76. The molecule has 4 heteroatoms. The lowest BCUT2D eigenvalue weighted by Gasteiger charge is -2.32. The van der Waals surface area contributed by atoms with Crippen molar-refractivity contribution in [2.24, 2.45) is 5.92 Å². The quantitative estimate of drug-likeness (QED) is 0.923. The molecule has 2 saturated heterocycles. The van der Waals surface area contributed by atoms with E-state index >= 15 is 0 Å². The lowest BCUT2D eigenvalue weighted by molar-refractivity contribution is 0.176. The molecule has 2 aliphatic rings. The average Bonchev–Trinajstić information content (AvgIpc) is 2.50. The molecule has 1 unspecified atom stereocenters. The van der Waals surface area contributed by atoms with E-state index in [0.29, 0.717) is 0 Å². The summed E-state index contributed by atoms with van der Waals surface area (Å²) in [6.07, 6.45) is 2.62. The Balaban J connectivity index is 1.70. The van der Waals surface area contributed by atoms with Gasteiger partial charge in [-0.15, -0.1) is 0 Å². The van der Waals surface area contributed by atoms with Crippen molar-refractivity contribution in [1.29, 1.82) is 0 Å². The minimum Gasteiger partial charge on any atom is -0.367 e. The fourth-order valence-corrected chi connectivity index (χ4v) is 3.49. The summed E-state index contributed by atoms with van der Waals surface area (Å²) in [5.74, 6) is 0.694. The molecule has 116 valence electrons. The summed E-state index contributed by atoms with van der Waals surface area (Å²) in [7, 11) is 0. The maximum absolute atomic E-state index is 14.1. The third kappa shape index (κ3) is 3.74. The molecule has 2 heterocycles. The molecule has 0 radical (unpaired) electrons. The fraction of sp³-hybridized carbons (Fsp3) is 0.647. The van der Waals surface area contributed by atoms with Gasteiger partial charge in [0, 0.05) is 39.3 Å². The number of benzene rings is 1. The van der Waals surface area contributed by atoms with Crippen molar-refractivity contribution >= 4 is 5.69 Å². The highest BCUT2D eigenvalue weighted by Crippen LogP contribution is 2.24. The second-order valence-electron chi connectivity index (χ2n) is 6.51. The zero-order valence-electron chi connectivity index (χ0n) is 12.9. The highest BCUT2D eigenvalue weighted by Gasteiger charge is 2.18. The van der Waals surface area contributed by atoms with Crippen molar-refractivity contribution in [2.45, 2.75) is 26.3 Å². The minimum absolute atomic E-state index is 0.0901. The van der Waals surface area contributed by atoms with E-state index in [4.69, 9.17) is 0 Å². The van der Waals surface area contributed by atoms with Gasteiger partial charge in [-0.05, 0) is 43.0 Å². The number of rotatable bonds is 3. The molecule has 3 nitrogen and oxygen atoms in total. The second-order valence-corrected chi connectivity index (χ2v) is 6.51. The average molecular weight is 291 g/mol. The zero-order valence-corrected chi connectivity index (χ0v) is 12.9.